The SMILES string of the molecule is COC(=O)[C@H]1C(=O)NC(SCc2ccc(Cl)cc2Cl)=C(C#N)[C@@H]1c1cccc(Br)c1. The molecular weight excluding hydrogens is 511 g/mol. The number of allylic oxidation sites excluding steroid dienone is 1. The molecule has 0 bridgehead atoms. The van der Waals surface area contributed by atoms with Gasteiger partial charge in [0.05, 0.1) is 23.8 Å². The highest BCUT2D eigenvalue weighted by Gasteiger charge is 2.44. The minimum atomic E-state index is -1.16. The molecule has 0 saturated heterocycles. The summed E-state index contributed by atoms with van der Waals surface area (Å²) in [6.45, 7) is 0. The van der Waals surface area contributed by atoms with Gasteiger partial charge >= 0.3 is 5.97 Å². The zero-order chi connectivity index (χ0) is 21.8. The standard InChI is InChI=1S/C21H15BrCl2N2O3S/c1-29-21(28)18-17(11-3-2-4-13(22)7-11)15(9-25)20(26-19(18)27)30-10-12-5-6-14(23)8-16(12)24/h2-8,17-18H,10H2,1H3,(H,26,27)/t17-,18+/m0/s1. The van der Waals surface area contributed by atoms with Crippen LogP contribution in [0.2, 0.25) is 10.0 Å². The molecule has 0 radical (unpaired) electrons. The van der Waals surface area contributed by atoms with Gasteiger partial charge in [0.15, 0.2) is 0 Å². The van der Waals surface area contributed by atoms with Crippen molar-refractivity contribution in [2.75, 3.05) is 7.11 Å². The Bertz CT molecular complexity index is 1080. The maximum atomic E-state index is 12.8. The number of hydrogen-bond acceptors (Lipinski definition) is 5. The molecule has 0 spiro atoms. The first-order valence-electron chi connectivity index (χ1n) is 8.70. The number of carbonyl (C=O) groups excluding carboxylic acids is 2. The average molecular weight is 526 g/mol. The van der Waals surface area contributed by atoms with Gasteiger partial charge in [0.2, 0.25) is 5.91 Å². The summed E-state index contributed by atoms with van der Waals surface area (Å²) in [6.07, 6.45) is 0. The molecule has 9 heteroatoms. The van der Waals surface area contributed by atoms with Gasteiger partial charge in [-0.05, 0) is 35.4 Å². The fraction of sp³-hybridized carbons (Fsp3) is 0.190. The molecule has 2 atom stereocenters. The van der Waals surface area contributed by atoms with Crippen LogP contribution in [0.15, 0.2) is 57.5 Å². The van der Waals surface area contributed by atoms with E-state index in [2.05, 4.69) is 27.3 Å². The van der Waals surface area contributed by atoms with E-state index in [-0.39, 0.29) is 5.57 Å². The smallest absolute Gasteiger partial charge is 0.319 e. The molecule has 30 heavy (non-hydrogen) atoms. The molecule has 0 fully saturated rings. The minimum Gasteiger partial charge on any atom is -0.468 e. The Morgan fingerprint density at radius 3 is 2.70 bits per heavy atom. The molecule has 0 aliphatic carbocycles. The third-order valence-electron chi connectivity index (χ3n) is 4.58. The van der Waals surface area contributed by atoms with Crippen LogP contribution in [0.3, 0.4) is 0 Å². The van der Waals surface area contributed by atoms with Gasteiger partial charge in [0.25, 0.3) is 0 Å². The van der Waals surface area contributed by atoms with E-state index in [0.717, 1.165) is 10.0 Å². The second-order valence-electron chi connectivity index (χ2n) is 6.40. The van der Waals surface area contributed by atoms with Gasteiger partial charge in [0.1, 0.15) is 5.92 Å². The van der Waals surface area contributed by atoms with Crippen molar-refractivity contribution in [1.82, 2.24) is 5.32 Å². The highest BCUT2D eigenvalue weighted by Crippen LogP contribution is 2.41. The second kappa shape index (κ2) is 9.88. The van der Waals surface area contributed by atoms with Crippen LogP contribution in [0.4, 0.5) is 0 Å². The Balaban J connectivity index is 2.03. The van der Waals surface area contributed by atoms with Crippen molar-refractivity contribution in [2.45, 2.75) is 11.7 Å². The van der Waals surface area contributed by atoms with Gasteiger partial charge in [-0.25, -0.2) is 0 Å². The van der Waals surface area contributed by atoms with Crippen LogP contribution in [0.25, 0.3) is 0 Å². The molecule has 1 aliphatic heterocycles. The van der Waals surface area contributed by atoms with Gasteiger partial charge in [-0.3, -0.25) is 9.59 Å². The lowest BCUT2D eigenvalue weighted by Gasteiger charge is -2.31. The quantitative estimate of drug-likeness (QED) is 0.416. The average Bonchev–Trinajstić information content (AvgIpc) is 2.72. The first kappa shape index (κ1) is 22.7. The topological polar surface area (TPSA) is 79.2 Å². The number of amides is 1. The summed E-state index contributed by atoms with van der Waals surface area (Å²) in [5.41, 5.74) is 1.76. The highest BCUT2D eigenvalue weighted by molar-refractivity contribution is 9.10. The lowest BCUT2D eigenvalue weighted by Crippen LogP contribution is -2.44. The monoisotopic (exact) mass is 524 g/mol. The Morgan fingerprint density at radius 1 is 1.30 bits per heavy atom. The maximum Gasteiger partial charge on any atom is 0.319 e. The number of nitrogens with one attached hydrogen (secondary N) is 1. The van der Waals surface area contributed by atoms with Crippen molar-refractivity contribution >= 4 is 62.8 Å². The fourth-order valence-corrected chi connectivity index (χ4v) is 5.19. The molecule has 2 aromatic carbocycles. The largest absolute Gasteiger partial charge is 0.468 e. The number of halogens is 3. The summed E-state index contributed by atoms with van der Waals surface area (Å²) < 4.78 is 5.62. The number of benzene rings is 2. The summed E-state index contributed by atoms with van der Waals surface area (Å²) in [5.74, 6) is -2.74. The Hall–Kier alpha value is -1.98. The van der Waals surface area contributed by atoms with E-state index < -0.39 is 23.7 Å². The number of hydrogen-bond donors (Lipinski definition) is 1. The van der Waals surface area contributed by atoms with E-state index in [1.807, 2.05) is 6.07 Å². The fourth-order valence-electron chi connectivity index (χ4n) is 3.17. The van der Waals surface area contributed by atoms with Crippen LogP contribution in [0.5, 0.6) is 0 Å². The zero-order valence-electron chi connectivity index (χ0n) is 15.6. The van der Waals surface area contributed by atoms with E-state index in [1.54, 1.807) is 36.4 Å². The van der Waals surface area contributed by atoms with E-state index in [0.29, 0.717) is 26.4 Å². The molecule has 1 heterocycles. The summed E-state index contributed by atoms with van der Waals surface area (Å²) >= 11 is 16.8. The van der Waals surface area contributed by atoms with Gasteiger partial charge in [-0.15, -0.1) is 11.8 Å². The van der Waals surface area contributed by atoms with Gasteiger partial charge in [-0.1, -0.05) is 57.3 Å². The Morgan fingerprint density at radius 2 is 2.07 bits per heavy atom. The van der Waals surface area contributed by atoms with Crippen molar-refractivity contribution in [3.05, 3.63) is 78.7 Å². The molecule has 1 N–H and O–H groups in total. The van der Waals surface area contributed by atoms with Gasteiger partial charge in [0, 0.05) is 26.2 Å². The predicted molar refractivity (Wildman–Crippen MR) is 121 cm³/mol. The number of esters is 1. The number of ether oxygens (including phenoxy) is 1. The molecule has 154 valence electrons. The van der Waals surface area contributed by atoms with Crippen molar-refractivity contribution in [1.29, 1.82) is 5.26 Å². The lowest BCUT2D eigenvalue weighted by molar-refractivity contribution is -0.150. The highest BCUT2D eigenvalue weighted by atomic mass is 79.9. The van der Waals surface area contributed by atoms with Crippen LogP contribution in [-0.2, 0) is 20.1 Å². The van der Waals surface area contributed by atoms with E-state index >= 15 is 0 Å². The minimum absolute atomic E-state index is 0.290. The molecule has 1 aliphatic rings. The van der Waals surface area contributed by atoms with Crippen LogP contribution in [-0.4, -0.2) is 19.0 Å². The van der Waals surface area contributed by atoms with Crippen LogP contribution < -0.4 is 5.32 Å². The molecule has 5 nitrogen and oxygen atoms in total. The summed E-state index contributed by atoms with van der Waals surface area (Å²) in [7, 11) is 1.22. The Kier molecular flexibility index (Phi) is 7.48. The number of rotatable bonds is 5. The maximum absolute atomic E-state index is 12.8. The summed E-state index contributed by atoms with van der Waals surface area (Å²) in [5, 5.41) is 14.0. The summed E-state index contributed by atoms with van der Waals surface area (Å²) in [6, 6.07) is 14.5. The number of carbonyl (C=O) groups is 2. The zero-order valence-corrected chi connectivity index (χ0v) is 19.5. The van der Waals surface area contributed by atoms with Crippen LogP contribution in [0.1, 0.15) is 17.0 Å². The summed E-state index contributed by atoms with van der Waals surface area (Å²) in [4.78, 5) is 25.2. The molecule has 0 unspecified atom stereocenters. The van der Waals surface area contributed by atoms with Gasteiger partial charge in [-0.2, -0.15) is 5.26 Å². The lowest BCUT2D eigenvalue weighted by atomic mass is 9.78. The van der Waals surface area contributed by atoms with E-state index in [4.69, 9.17) is 27.9 Å². The third kappa shape index (κ3) is 4.84. The van der Waals surface area contributed by atoms with E-state index in [9.17, 15) is 14.9 Å². The second-order valence-corrected chi connectivity index (χ2v) is 9.15. The van der Waals surface area contributed by atoms with Crippen molar-refractivity contribution in [3.8, 4) is 6.07 Å². The molecule has 3 rings (SSSR count). The van der Waals surface area contributed by atoms with Crippen molar-refractivity contribution in [3.63, 3.8) is 0 Å². The normalized spacial score (nSPS) is 18.6. The van der Waals surface area contributed by atoms with Crippen molar-refractivity contribution < 1.29 is 14.3 Å². The number of nitrogens with zero attached hydrogens (tertiary/aromatic N) is 1. The predicted octanol–water partition coefficient (Wildman–Crippen LogP) is 5.43. The Labute approximate surface area is 196 Å². The number of methoxy groups -OCH3 is 1. The number of nitriles is 1. The molecule has 2 aromatic rings. The molecule has 1 amide bonds. The van der Waals surface area contributed by atoms with Crippen LogP contribution in [0, 0.1) is 17.2 Å². The first-order chi connectivity index (χ1) is 14.3. The molecular formula is C21H15BrCl2N2O3S. The third-order valence-corrected chi connectivity index (χ3v) is 6.72. The van der Waals surface area contributed by atoms with Crippen molar-refractivity contribution in [2.24, 2.45) is 5.92 Å². The molecule has 0 saturated carbocycles. The van der Waals surface area contributed by atoms with Crippen LogP contribution >= 0.6 is 50.9 Å². The first-order valence-corrected chi connectivity index (χ1v) is 11.2. The van der Waals surface area contributed by atoms with E-state index in [1.165, 1.54) is 18.9 Å². The van der Waals surface area contributed by atoms with Gasteiger partial charge < -0.3 is 10.1 Å². The molecule has 0 aromatic heterocycles. The number of thioether (sulfide) groups is 1.